The zero-order valence-electron chi connectivity index (χ0n) is 10.1. The molecule has 0 atom stereocenters. The van der Waals surface area contributed by atoms with Crippen LogP contribution in [-0.2, 0) is 0 Å². The first-order chi connectivity index (χ1) is 8.56. The lowest BCUT2D eigenvalue weighted by molar-refractivity contribution is 0.434. The summed E-state index contributed by atoms with van der Waals surface area (Å²) in [5.41, 5.74) is 7.18. The van der Waals surface area contributed by atoms with E-state index in [-0.39, 0.29) is 11.8 Å². The number of nitrogens with one attached hydrogen (secondary N) is 1. The van der Waals surface area contributed by atoms with Gasteiger partial charge in [0.15, 0.2) is 5.75 Å². The van der Waals surface area contributed by atoms with E-state index in [4.69, 9.17) is 15.9 Å². The molecular weight excluding hydrogens is 230 g/mol. The van der Waals surface area contributed by atoms with Gasteiger partial charge in [-0.05, 0) is 32.0 Å². The predicted molar refractivity (Wildman–Crippen MR) is 66.8 cm³/mol. The molecule has 0 radical (unpaired) electrons. The smallest absolute Gasteiger partial charge is 0.322 e. The first-order valence-corrected chi connectivity index (χ1v) is 5.36. The van der Waals surface area contributed by atoms with Crippen molar-refractivity contribution in [1.29, 1.82) is 5.41 Å². The van der Waals surface area contributed by atoms with E-state index in [9.17, 15) is 0 Å². The van der Waals surface area contributed by atoms with E-state index >= 15 is 0 Å². The Balaban J connectivity index is 2.35. The predicted octanol–water partition coefficient (Wildman–Crippen LogP) is 1.56. The standard InChI is InChI=1S/C12H13N5O/c1-7-6-9(11(13)14)17-12(16-7)18-10-4-3-5-15-8(10)2/h3-6H,1-2H3,(H3,13,14). The second-order valence-electron chi connectivity index (χ2n) is 3.78. The molecule has 0 amide bonds. The van der Waals surface area contributed by atoms with Crippen molar-refractivity contribution in [2.45, 2.75) is 13.8 Å². The Labute approximate surface area is 104 Å². The minimum absolute atomic E-state index is 0.117. The number of amidine groups is 1. The SMILES string of the molecule is Cc1cc(C(=N)N)nc(Oc2cccnc2C)n1. The van der Waals surface area contributed by atoms with Gasteiger partial charge in [-0.25, -0.2) is 4.98 Å². The fraction of sp³-hybridized carbons (Fsp3) is 0.167. The Kier molecular flexibility index (Phi) is 3.18. The van der Waals surface area contributed by atoms with Crippen LogP contribution in [0.1, 0.15) is 17.1 Å². The highest BCUT2D eigenvalue weighted by molar-refractivity contribution is 5.93. The van der Waals surface area contributed by atoms with Crippen LogP contribution in [-0.4, -0.2) is 20.8 Å². The molecule has 2 rings (SSSR count). The highest BCUT2D eigenvalue weighted by Crippen LogP contribution is 2.20. The Bertz CT molecular complexity index is 597. The number of pyridine rings is 1. The van der Waals surface area contributed by atoms with Gasteiger partial charge >= 0.3 is 6.01 Å². The van der Waals surface area contributed by atoms with E-state index in [0.29, 0.717) is 17.1 Å². The molecule has 3 N–H and O–H groups in total. The van der Waals surface area contributed by atoms with Crippen molar-refractivity contribution in [2.24, 2.45) is 5.73 Å². The van der Waals surface area contributed by atoms with Crippen LogP contribution in [0.2, 0.25) is 0 Å². The molecule has 6 heteroatoms. The lowest BCUT2D eigenvalue weighted by Crippen LogP contribution is -2.14. The molecule has 0 saturated carbocycles. The van der Waals surface area contributed by atoms with Crippen LogP contribution in [0.3, 0.4) is 0 Å². The Morgan fingerprint density at radius 2 is 2.11 bits per heavy atom. The average molecular weight is 243 g/mol. The number of aryl methyl sites for hydroxylation is 2. The van der Waals surface area contributed by atoms with Crippen LogP contribution in [0.15, 0.2) is 24.4 Å². The van der Waals surface area contributed by atoms with E-state index in [1.807, 2.05) is 6.92 Å². The molecule has 0 aromatic carbocycles. The van der Waals surface area contributed by atoms with Gasteiger partial charge in [0.25, 0.3) is 0 Å². The summed E-state index contributed by atoms with van der Waals surface area (Å²) >= 11 is 0. The second kappa shape index (κ2) is 4.79. The van der Waals surface area contributed by atoms with Crippen LogP contribution in [0.4, 0.5) is 0 Å². The van der Waals surface area contributed by atoms with Gasteiger partial charge in [0.2, 0.25) is 0 Å². The molecule has 0 aliphatic carbocycles. The van der Waals surface area contributed by atoms with E-state index < -0.39 is 0 Å². The van der Waals surface area contributed by atoms with Gasteiger partial charge in [-0.3, -0.25) is 10.4 Å². The summed E-state index contributed by atoms with van der Waals surface area (Å²) in [5.74, 6) is 0.464. The first-order valence-electron chi connectivity index (χ1n) is 5.36. The minimum atomic E-state index is -0.117. The third-order valence-corrected chi connectivity index (χ3v) is 2.27. The van der Waals surface area contributed by atoms with Crippen LogP contribution in [0, 0.1) is 19.3 Å². The zero-order chi connectivity index (χ0) is 13.1. The van der Waals surface area contributed by atoms with Crippen LogP contribution in [0.5, 0.6) is 11.8 Å². The molecule has 0 spiro atoms. The number of hydrogen-bond acceptors (Lipinski definition) is 5. The van der Waals surface area contributed by atoms with Gasteiger partial charge in [-0.15, -0.1) is 0 Å². The first kappa shape index (κ1) is 12.0. The molecule has 0 fully saturated rings. The van der Waals surface area contributed by atoms with Crippen LogP contribution < -0.4 is 10.5 Å². The van der Waals surface area contributed by atoms with Crippen molar-refractivity contribution in [3.05, 3.63) is 41.5 Å². The third kappa shape index (κ3) is 2.60. The molecule has 0 unspecified atom stereocenters. The molecule has 0 bridgehead atoms. The molecule has 92 valence electrons. The number of hydrogen-bond donors (Lipinski definition) is 2. The number of nitrogens with zero attached hydrogens (tertiary/aromatic N) is 3. The zero-order valence-corrected chi connectivity index (χ0v) is 10.1. The molecule has 18 heavy (non-hydrogen) atoms. The van der Waals surface area contributed by atoms with E-state index in [1.54, 1.807) is 31.3 Å². The molecule has 0 aliphatic heterocycles. The quantitative estimate of drug-likeness (QED) is 0.629. The van der Waals surface area contributed by atoms with Crippen LogP contribution in [0.25, 0.3) is 0 Å². The average Bonchev–Trinajstić information content (AvgIpc) is 2.31. The fourth-order valence-corrected chi connectivity index (χ4v) is 1.40. The summed E-state index contributed by atoms with van der Waals surface area (Å²) in [6.07, 6.45) is 1.68. The lowest BCUT2D eigenvalue weighted by Gasteiger charge is -2.07. The highest BCUT2D eigenvalue weighted by atomic mass is 16.5. The Hall–Kier alpha value is -2.50. The van der Waals surface area contributed by atoms with Gasteiger partial charge in [0, 0.05) is 11.9 Å². The van der Waals surface area contributed by atoms with E-state index in [2.05, 4.69) is 15.0 Å². The summed E-state index contributed by atoms with van der Waals surface area (Å²) in [6, 6.07) is 5.34. The number of nitrogen functional groups attached to an aromatic ring is 1. The Morgan fingerprint density at radius 1 is 1.33 bits per heavy atom. The molecule has 2 heterocycles. The number of rotatable bonds is 3. The van der Waals surface area contributed by atoms with Crippen molar-refractivity contribution in [2.75, 3.05) is 0 Å². The maximum Gasteiger partial charge on any atom is 0.322 e. The summed E-state index contributed by atoms with van der Waals surface area (Å²) in [5, 5.41) is 7.37. The maximum absolute atomic E-state index is 7.37. The van der Waals surface area contributed by atoms with Gasteiger partial charge in [-0.1, -0.05) is 0 Å². The van der Waals surface area contributed by atoms with Crippen molar-refractivity contribution in [3.63, 3.8) is 0 Å². The van der Waals surface area contributed by atoms with Crippen LogP contribution >= 0.6 is 0 Å². The summed E-state index contributed by atoms with van der Waals surface area (Å²) < 4.78 is 5.54. The van der Waals surface area contributed by atoms with Crippen molar-refractivity contribution < 1.29 is 4.74 Å². The summed E-state index contributed by atoms with van der Waals surface area (Å²) in [6.45, 7) is 3.62. The monoisotopic (exact) mass is 243 g/mol. The largest absolute Gasteiger partial charge is 0.422 e. The maximum atomic E-state index is 7.37. The minimum Gasteiger partial charge on any atom is -0.422 e. The normalized spacial score (nSPS) is 10.1. The van der Waals surface area contributed by atoms with E-state index in [0.717, 1.165) is 5.69 Å². The topological polar surface area (TPSA) is 97.8 Å². The van der Waals surface area contributed by atoms with Gasteiger partial charge in [-0.2, -0.15) is 4.98 Å². The lowest BCUT2D eigenvalue weighted by atomic mass is 10.3. The summed E-state index contributed by atoms with van der Waals surface area (Å²) in [7, 11) is 0. The molecule has 0 aliphatic rings. The fourth-order valence-electron chi connectivity index (χ4n) is 1.40. The molecule has 6 nitrogen and oxygen atoms in total. The molecule has 2 aromatic rings. The van der Waals surface area contributed by atoms with Crippen molar-refractivity contribution >= 4 is 5.84 Å². The summed E-state index contributed by atoms with van der Waals surface area (Å²) in [4.78, 5) is 12.3. The third-order valence-electron chi connectivity index (χ3n) is 2.27. The second-order valence-corrected chi connectivity index (χ2v) is 3.78. The van der Waals surface area contributed by atoms with E-state index in [1.165, 1.54) is 0 Å². The molecule has 0 saturated heterocycles. The van der Waals surface area contributed by atoms with Gasteiger partial charge in [0.1, 0.15) is 11.5 Å². The number of aromatic nitrogens is 3. The molecule has 2 aromatic heterocycles. The highest BCUT2D eigenvalue weighted by Gasteiger charge is 2.08. The molecular formula is C12H13N5O. The number of ether oxygens (including phenoxy) is 1. The van der Waals surface area contributed by atoms with Crippen molar-refractivity contribution in [3.8, 4) is 11.8 Å². The van der Waals surface area contributed by atoms with Crippen molar-refractivity contribution in [1.82, 2.24) is 15.0 Å². The van der Waals surface area contributed by atoms with Gasteiger partial charge in [0.05, 0.1) is 5.69 Å². The van der Waals surface area contributed by atoms with Gasteiger partial charge < -0.3 is 10.5 Å². The Morgan fingerprint density at radius 3 is 2.78 bits per heavy atom. The number of nitrogens with two attached hydrogens (primary N) is 1.